The summed E-state index contributed by atoms with van der Waals surface area (Å²) in [6.07, 6.45) is 3.69. The Morgan fingerprint density at radius 1 is 1.35 bits per heavy atom. The van der Waals surface area contributed by atoms with Gasteiger partial charge in [-0.05, 0) is 42.4 Å². The quantitative estimate of drug-likeness (QED) is 0.895. The van der Waals surface area contributed by atoms with Gasteiger partial charge in [0.1, 0.15) is 5.82 Å². The van der Waals surface area contributed by atoms with Crippen molar-refractivity contribution in [3.05, 3.63) is 41.6 Å². The number of nitrogens with zero attached hydrogens (tertiary/aromatic N) is 2. The van der Waals surface area contributed by atoms with Crippen LogP contribution in [0.1, 0.15) is 49.8 Å². The molecule has 0 fully saturated rings. The lowest BCUT2D eigenvalue weighted by Crippen LogP contribution is -2.25. The number of carbonyl (C=O) groups is 1. The van der Waals surface area contributed by atoms with E-state index in [0.717, 1.165) is 29.4 Å². The molecule has 4 nitrogen and oxygen atoms in total. The third kappa shape index (κ3) is 3.15. The minimum atomic E-state index is 0.0935. The largest absolute Gasteiger partial charge is 0.310 e. The highest BCUT2D eigenvalue weighted by molar-refractivity contribution is 7.98. The third-order valence-corrected chi connectivity index (χ3v) is 4.91. The van der Waals surface area contributed by atoms with Crippen LogP contribution in [0.3, 0.4) is 0 Å². The minimum Gasteiger partial charge on any atom is -0.310 e. The molecule has 1 atom stereocenters. The summed E-state index contributed by atoms with van der Waals surface area (Å²) in [6, 6.07) is 10.0. The average molecular weight is 329 g/mol. The maximum Gasteiger partial charge on any atom is 0.226 e. The van der Waals surface area contributed by atoms with E-state index < -0.39 is 0 Å². The third-order valence-electron chi connectivity index (χ3n) is 4.27. The van der Waals surface area contributed by atoms with Gasteiger partial charge in [-0.3, -0.25) is 4.79 Å². The standard InChI is InChI=1S/C18H23N3OS/c1-12(2)17-16-13(9-10-23-3)11-15(22)19-18(16)21(20-17)14-7-5-4-6-8-14/h4-8,12-13H,9-11H2,1-3H3,(H,19,22)/t13-/m1/s1. The van der Waals surface area contributed by atoms with Gasteiger partial charge in [-0.2, -0.15) is 16.9 Å². The second-order valence-corrected chi connectivity index (χ2v) is 7.27. The van der Waals surface area contributed by atoms with Gasteiger partial charge in [0.2, 0.25) is 5.91 Å². The second-order valence-electron chi connectivity index (χ2n) is 6.28. The molecule has 1 aliphatic rings. The van der Waals surface area contributed by atoms with E-state index in [0.29, 0.717) is 12.3 Å². The molecule has 1 aromatic heterocycles. The molecular weight excluding hydrogens is 306 g/mol. The maximum atomic E-state index is 12.2. The zero-order valence-corrected chi connectivity index (χ0v) is 14.7. The Hall–Kier alpha value is -1.75. The first kappa shape index (κ1) is 16.1. The Kier molecular flexibility index (Phi) is 4.76. The van der Waals surface area contributed by atoms with Crippen LogP contribution in [0.25, 0.3) is 5.69 Å². The van der Waals surface area contributed by atoms with E-state index >= 15 is 0 Å². The van der Waals surface area contributed by atoms with Crippen LogP contribution in [-0.4, -0.2) is 27.7 Å². The van der Waals surface area contributed by atoms with Crippen LogP contribution in [0.15, 0.2) is 30.3 Å². The molecule has 1 amide bonds. The summed E-state index contributed by atoms with van der Waals surface area (Å²) in [5.74, 6) is 2.62. The molecule has 0 radical (unpaired) electrons. The summed E-state index contributed by atoms with van der Waals surface area (Å²) in [5.41, 5.74) is 3.33. The van der Waals surface area contributed by atoms with Crippen molar-refractivity contribution in [2.24, 2.45) is 0 Å². The normalized spacial score (nSPS) is 17.2. The zero-order valence-electron chi connectivity index (χ0n) is 13.9. The number of hydrogen-bond donors (Lipinski definition) is 1. The molecule has 0 spiro atoms. The van der Waals surface area contributed by atoms with Gasteiger partial charge in [-0.25, -0.2) is 4.68 Å². The smallest absolute Gasteiger partial charge is 0.226 e. The zero-order chi connectivity index (χ0) is 16.4. The summed E-state index contributed by atoms with van der Waals surface area (Å²) in [4.78, 5) is 12.2. The SMILES string of the molecule is CSCC[C@@H]1CC(=O)Nc2c1c(C(C)C)nn2-c1ccccc1. The number of nitrogens with one attached hydrogen (secondary N) is 1. The predicted octanol–water partition coefficient (Wildman–Crippen LogP) is 4.17. The molecule has 5 heteroatoms. The summed E-state index contributed by atoms with van der Waals surface area (Å²) >= 11 is 1.83. The predicted molar refractivity (Wildman–Crippen MR) is 96.6 cm³/mol. The van der Waals surface area contributed by atoms with E-state index in [4.69, 9.17) is 5.10 Å². The Morgan fingerprint density at radius 3 is 2.74 bits per heavy atom. The Balaban J connectivity index is 2.12. The number of thioether (sulfide) groups is 1. The van der Waals surface area contributed by atoms with Gasteiger partial charge < -0.3 is 5.32 Å². The highest BCUT2D eigenvalue weighted by Crippen LogP contribution is 2.41. The van der Waals surface area contributed by atoms with Crippen LogP contribution in [0.5, 0.6) is 0 Å². The minimum absolute atomic E-state index is 0.0935. The van der Waals surface area contributed by atoms with Crippen molar-refractivity contribution in [2.45, 2.75) is 38.5 Å². The summed E-state index contributed by atoms with van der Waals surface area (Å²) < 4.78 is 1.90. The number of benzene rings is 1. The number of para-hydroxylation sites is 1. The lowest BCUT2D eigenvalue weighted by atomic mass is 9.87. The molecule has 0 saturated carbocycles. The maximum absolute atomic E-state index is 12.2. The number of carbonyl (C=O) groups excluding carboxylic acids is 1. The summed E-state index contributed by atoms with van der Waals surface area (Å²) in [5, 5.41) is 7.91. The van der Waals surface area contributed by atoms with Crippen molar-refractivity contribution in [1.82, 2.24) is 9.78 Å². The van der Waals surface area contributed by atoms with E-state index in [-0.39, 0.29) is 11.8 Å². The molecule has 0 unspecified atom stereocenters. The molecule has 1 aromatic carbocycles. The van der Waals surface area contributed by atoms with Gasteiger partial charge in [0.15, 0.2) is 0 Å². The number of anilines is 1. The lowest BCUT2D eigenvalue weighted by molar-refractivity contribution is -0.116. The molecule has 23 heavy (non-hydrogen) atoms. The van der Waals surface area contributed by atoms with Gasteiger partial charge in [0.05, 0.1) is 11.4 Å². The van der Waals surface area contributed by atoms with Crippen LogP contribution < -0.4 is 5.32 Å². The van der Waals surface area contributed by atoms with Crippen LogP contribution in [-0.2, 0) is 4.79 Å². The Morgan fingerprint density at radius 2 is 2.09 bits per heavy atom. The van der Waals surface area contributed by atoms with Gasteiger partial charge in [0, 0.05) is 12.0 Å². The number of amides is 1. The summed E-state index contributed by atoms with van der Waals surface area (Å²) in [7, 11) is 0. The second kappa shape index (κ2) is 6.79. The molecule has 0 saturated heterocycles. The number of aromatic nitrogens is 2. The van der Waals surface area contributed by atoms with Crippen molar-refractivity contribution in [3.8, 4) is 5.69 Å². The highest BCUT2D eigenvalue weighted by atomic mass is 32.2. The number of rotatable bonds is 5. The molecular formula is C18H23N3OS. The Bertz CT molecular complexity index is 694. The van der Waals surface area contributed by atoms with E-state index in [9.17, 15) is 4.79 Å². The topological polar surface area (TPSA) is 46.9 Å². The molecule has 122 valence electrons. The fourth-order valence-electron chi connectivity index (χ4n) is 3.17. The first-order valence-corrected chi connectivity index (χ1v) is 9.48. The first-order valence-electron chi connectivity index (χ1n) is 8.08. The van der Waals surface area contributed by atoms with Crippen molar-refractivity contribution in [2.75, 3.05) is 17.3 Å². The summed E-state index contributed by atoms with van der Waals surface area (Å²) in [6.45, 7) is 4.33. The number of fused-ring (bicyclic) bond motifs is 1. The fourth-order valence-corrected chi connectivity index (χ4v) is 3.69. The van der Waals surface area contributed by atoms with Crippen LogP contribution >= 0.6 is 11.8 Å². The number of hydrogen-bond acceptors (Lipinski definition) is 3. The van der Waals surface area contributed by atoms with Crippen molar-refractivity contribution >= 4 is 23.5 Å². The van der Waals surface area contributed by atoms with E-state index in [1.165, 1.54) is 5.56 Å². The molecule has 3 rings (SSSR count). The molecule has 1 aliphatic heterocycles. The molecule has 2 heterocycles. The fraction of sp³-hybridized carbons (Fsp3) is 0.444. The van der Waals surface area contributed by atoms with Crippen LogP contribution in [0, 0.1) is 0 Å². The van der Waals surface area contributed by atoms with Crippen molar-refractivity contribution in [1.29, 1.82) is 0 Å². The van der Waals surface area contributed by atoms with Gasteiger partial charge >= 0.3 is 0 Å². The van der Waals surface area contributed by atoms with Gasteiger partial charge in [-0.15, -0.1) is 0 Å². The van der Waals surface area contributed by atoms with Crippen molar-refractivity contribution < 1.29 is 4.79 Å². The monoisotopic (exact) mass is 329 g/mol. The van der Waals surface area contributed by atoms with E-state index in [1.807, 2.05) is 46.8 Å². The van der Waals surface area contributed by atoms with Gasteiger partial charge in [0.25, 0.3) is 0 Å². The highest BCUT2D eigenvalue weighted by Gasteiger charge is 2.33. The van der Waals surface area contributed by atoms with Crippen LogP contribution in [0.4, 0.5) is 5.82 Å². The van der Waals surface area contributed by atoms with E-state index in [2.05, 4.69) is 25.4 Å². The molecule has 1 N–H and O–H groups in total. The molecule has 2 aromatic rings. The van der Waals surface area contributed by atoms with E-state index in [1.54, 1.807) is 0 Å². The average Bonchev–Trinajstić information content (AvgIpc) is 2.93. The lowest BCUT2D eigenvalue weighted by Gasteiger charge is -2.24. The Labute approximate surface area is 141 Å². The van der Waals surface area contributed by atoms with Crippen molar-refractivity contribution in [3.63, 3.8) is 0 Å². The molecule has 0 aliphatic carbocycles. The molecule has 0 bridgehead atoms. The van der Waals surface area contributed by atoms with Crippen LogP contribution in [0.2, 0.25) is 0 Å². The van der Waals surface area contributed by atoms with Gasteiger partial charge in [-0.1, -0.05) is 32.0 Å². The first-order chi connectivity index (χ1) is 11.1.